The Hall–Kier alpha value is -0.420. The van der Waals surface area contributed by atoms with Gasteiger partial charge in [-0.2, -0.15) is 0 Å². The van der Waals surface area contributed by atoms with E-state index in [4.69, 9.17) is 4.74 Å². The molecule has 0 atom stereocenters. The standard InChI is InChI=1S/C13H25N3O/c1-2-13(11-15-5-3-14-4-6-15)12-16-7-9-17-10-8-16/h2,14H,3-12H2,1H3. The smallest absolute Gasteiger partial charge is 0.0594 e. The van der Waals surface area contributed by atoms with Crippen molar-refractivity contribution in [2.75, 3.05) is 65.6 Å². The van der Waals surface area contributed by atoms with E-state index in [2.05, 4.69) is 28.1 Å². The first kappa shape index (κ1) is 13.0. The molecule has 0 aromatic heterocycles. The summed E-state index contributed by atoms with van der Waals surface area (Å²) in [5, 5.41) is 3.40. The van der Waals surface area contributed by atoms with E-state index in [1.165, 1.54) is 13.1 Å². The number of ether oxygens (including phenoxy) is 1. The summed E-state index contributed by atoms with van der Waals surface area (Å²) in [6, 6.07) is 0. The average Bonchev–Trinajstić information content (AvgIpc) is 2.40. The molecule has 0 aromatic rings. The first-order valence-electron chi connectivity index (χ1n) is 6.75. The fourth-order valence-electron chi connectivity index (χ4n) is 2.44. The van der Waals surface area contributed by atoms with Gasteiger partial charge in [-0.1, -0.05) is 6.08 Å². The van der Waals surface area contributed by atoms with Crippen LogP contribution in [0.1, 0.15) is 6.92 Å². The highest BCUT2D eigenvalue weighted by molar-refractivity contribution is 5.06. The third-order valence-electron chi connectivity index (χ3n) is 3.57. The highest BCUT2D eigenvalue weighted by Crippen LogP contribution is 2.06. The van der Waals surface area contributed by atoms with Crippen molar-refractivity contribution in [2.45, 2.75) is 6.92 Å². The fraction of sp³-hybridized carbons (Fsp3) is 0.846. The minimum Gasteiger partial charge on any atom is -0.379 e. The zero-order valence-corrected chi connectivity index (χ0v) is 11.0. The summed E-state index contributed by atoms with van der Waals surface area (Å²) in [4.78, 5) is 5.05. The van der Waals surface area contributed by atoms with Crippen molar-refractivity contribution >= 4 is 0 Å². The van der Waals surface area contributed by atoms with Crippen LogP contribution in [0.25, 0.3) is 0 Å². The van der Waals surface area contributed by atoms with Gasteiger partial charge in [0.05, 0.1) is 13.2 Å². The molecule has 17 heavy (non-hydrogen) atoms. The Morgan fingerprint density at radius 3 is 2.24 bits per heavy atom. The van der Waals surface area contributed by atoms with Gasteiger partial charge in [-0.25, -0.2) is 0 Å². The Labute approximate surface area is 105 Å². The van der Waals surface area contributed by atoms with Gasteiger partial charge in [-0.15, -0.1) is 0 Å². The van der Waals surface area contributed by atoms with Crippen molar-refractivity contribution < 1.29 is 4.74 Å². The number of piperazine rings is 1. The highest BCUT2D eigenvalue weighted by atomic mass is 16.5. The molecular formula is C13H25N3O. The molecule has 0 bridgehead atoms. The zero-order chi connectivity index (χ0) is 11.9. The Morgan fingerprint density at radius 1 is 1.06 bits per heavy atom. The molecule has 2 aliphatic rings. The van der Waals surface area contributed by atoms with Gasteiger partial charge in [0.15, 0.2) is 0 Å². The number of rotatable bonds is 4. The van der Waals surface area contributed by atoms with E-state index in [0.717, 1.165) is 52.5 Å². The predicted molar refractivity (Wildman–Crippen MR) is 70.3 cm³/mol. The van der Waals surface area contributed by atoms with Crippen LogP contribution in [-0.2, 0) is 4.74 Å². The summed E-state index contributed by atoms with van der Waals surface area (Å²) in [5.41, 5.74) is 1.55. The van der Waals surface area contributed by atoms with E-state index >= 15 is 0 Å². The van der Waals surface area contributed by atoms with Crippen molar-refractivity contribution in [3.63, 3.8) is 0 Å². The van der Waals surface area contributed by atoms with Crippen LogP contribution in [0, 0.1) is 0 Å². The van der Waals surface area contributed by atoms with Crippen LogP contribution in [0.3, 0.4) is 0 Å². The van der Waals surface area contributed by atoms with Gasteiger partial charge in [0.1, 0.15) is 0 Å². The van der Waals surface area contributed by atoms with Crippen LogP contribution in [0.4, 0.5) is 0 Å². The third-order valence-corrected chi connectivity index (χ3v) is 3.57. The Bertz CT molecular complexity index is 221. The normalized spacial score (nSPS) is 25.1. The van der Waals surface area contributed by atoms with Crippen molar-refractivity contribution in [1.29, 1.82) is 0 Å². The maximum absolute atomic E-state index is 5.39. The number of hydrogen-bond acceptors (Lipinski definition) is 4. The van der Waals surface area contributed by atoms with E-state index in [1.807, 2.05) is 0 Å². The Balaban J connectivity index is 1.75. The minimum absolute atomic E-state index is 0.893. The Kier molecular flexibility index (Phi) is 5.45. The lowest BCUT2D eigenvalue weighted by molar-refractivity contribution is 0.0414. The lowest BCUT2D eigenvalue weighted by Gasteiger charge is -2.31. The fourth-order valence-corrected chi connectivity index (χ4v) is 2.44. The van der Waals surface area contributed by atoms with Gasteiger partial charge < -0.3 is 10.1 Å². The number of hydrogen-bond donors (Lipinski definition) is 1. The number of morpholine rings is 1. The molecule has 4 heteroatoms. The van der Waals surface area contributed by atoms with Crippen LogP contribution < -0.4 is 5.32 Å². The zero-order valence-electron chi connectivity index (χ0n) is 11.0. The van der Waals surface area contributed by atoms with Crippen LogP contribution >= 0.6 is 0 Å². The van der Waals surface area contributed by atoms with Crippen molar-refractivity contribution in [3.8, 4) is 0 Å². The highest BCUT2D eigenvalue weighted by Gasteiger charge is 2.15. The Morgan fingerprint density at radius 2 is 1.65 bits per heavy atom. The molecule has 0 saturated carbocycles. The quantitative estimate of drug-likeness (QED) is 0.708. The summed E-state index contributed by atoms with van der Waals surface area (Å²) in [7, 11) is 0. The molecule has 0 aromatic carbocycles. The minimum atomic E-state index is 0.893. The van der Waals surface area contributed by atoms with Gasteiger partial charge in [0.25, 0.3) is 0 Å². The van der Waals surface area contributed by atoms with E-state index < -0.39 is 0 Å². The summed E-state index contributed by atoms with van der Waals surface area (Å²) in [6.45, 7) is 13.0. The molecule has 2 rings (SSSR count). The van der Waals surface area contributed by atoms with Crippen LogP contribution in [0.5, 0.6) is 0 Å². The van der Waals surface area contributed by atoms with Crippen molar-refractivity contribution in [3.05, 3.63) is 11.6 Å². The average molecular weight is 239 g/mol. The summed E-state index contributed by atoms with van der Waals surface area (Å²) < 4.78 is 5.39. The topological polar surface area (TPSA) is 27.7 Å². The maximum atomic E-state index is 5.39. The van der Waals surface area contributed by atoms with Gasteiger partial charge in [-0.05, 0) is 12.5 Å². The van der Waals surface area contributed by atoms with Gasteiger partial charge >= 0.3 is 0 Å². The molecule has 0 unspecified atom stereocenters. The second-order valence-corrected chi connectivity index (χ2v) is 4.86. The molecule has 0 spiro atoms. The lowest BCUT2D eigenvalue weighted by atomic mass is 10.2. The van der Waals surface area contributed by atoms with Gasteiger partial charge in [0.2, 0.25) is 0 Å². The molecule has 98 valence electrons. The second kappa shape index (κ2) is 7.11. The number of nitrogens with one attached hydrogen (secondary N) is 1. The monoisotopic (exact) mass is 239 g/mol. The molecule has 4 nitrogen and oxygen atoms in total. The van der Waals surface area contributed by atoms with Crippen molar-refractivity contribution in [1.82, 2.24) is 15.1 Å². The second-order valence-electron chi connectivity index (χ2n) is 4.86. The van der Waals surface area contributed by atoms with Crippen LogP contribution in [0.15, 0.2) is 11.6 Å². The number of allylic oxidation sites excluding steroid dienone is 1. The first-order chi connectivity index (χ1) is 8.38. The SMILES string of the molecule is CC=C(CN1CCNCC1)CN1CCOCC1. The molecule has 2 aliphatic heterocycles. The molecule has 1 N–H and O–H groups in total. The van der Waals surface area contributed by atoms with Crippen LogP contribution in [-0.4, -0.2) is 75.4 Å². The molecule has 0 aliphatic carbocycles. The maximum Gasteiger partial charge on any atom is 0.0594 e. The number of nitrogens with zero attached hydrogens (tertiary/aromatic N) is 2. The third kappa shape index (κ3) is 4.39. The lowest BCUT2D eigenvalue weighted by Crippen LogP contribution is -2.45. The summed E-state index contributed by atoms with van der Waals surface area (Å²) in [6.07, 6.45) is 2.29. The first-order valence-corrected chi connectivity index (χ1v) is 6.75. The molecule has 2 heterocycles. The van der Waals surface area contributed by atoms with Gasteiger partial charge in [-0.3, -0.25) is 9.80 Å². The predicted octanol–water partition coefficient (Wildman–Crippen LogP) is 0.170. The molecule has 0 amide bonds. The molecule has 0 radical (unpaired) electrons. The van der Waals surface area contributed by atoms with Crippen LogP contribution in [0.2, 0.25) is 0 Å². The van der Waals surface area contributed by atoms with E-state index in [9.17, 15) is 0 Å². The van der Waals surface area contributed by atoms with E-state index in [-0.39, 0.29) is 0 Å². The van der Waals surface area contributed by atoms with Crippen molar-refractivity contribution in [2.24, 2.45) is 0 Å². The summed E-state index contributed by atoms with van der Waals surface area (Å²) >= 11 is 0. The molecule has 2 fully saturated rings. The molecular weight excluding hydrogens is 214 g/mol. The molecule has 2 saturated heterocycles. The van der Waals surface area contributed by atoms with E-state index in [1.54, 1.807) is 5.57 Å². The van der Waals surface area contributed by atoms with E-state index in [0.29, 0.717) is 0 Å². The largest absolute Gasteiger partial charge is 0.379 e. The van der Waals surface area contributed by atoms with Gasteiger partial charge in [0, 0.05) is 52.4 Å². The summed E-state index contributed by atoms with van der Waals surface area (Å²) in [5.74, 6) is 0.